The molecular weight excluding hydrogens is 434 g/mol. The standard InChI is InChI=1S/C25H19N5O4/c1-15-7-9-18(13-16(15)2)29-27-20-10-8-17(14-21(20)28-29)26-25(31)24-12-11-23(34-24)19-5-3-4-6-22(19)30(32)33/h3-14H,1-2H3,(H,26,31). The van der Waals surface area contributed by atoms with Crippen molar-refractivity contribution in [3.63, 3.8) is 0 Å². The van der Waals surface area contributed by atoms with E-state index < -0.39 is 10.8 Å². The third-order valence-electron chi connectivity index (χ3n) is 5.56. The van der Waals surface area contributed by atoms with E-state index in [-0.39, 0.29) is 17.2 Å². The topological polar surface area (TPSA) is 116 Å². The van der Waals surface area contributed by atoms with Gasteiger partial charge in [0.1, 0.15) is 16.8 Å². The molecule has 0 bridgehead atoms. The average Bonchev–Trinajstić information content (AvgIpc) is 3.48. The van der Waals surface area contributed by atoms with Gasteiger partial charge >= 0.3 is 0 Å². The van der Waals surface area contributed by atoms with Crippen LogP contribution in [0, 0.1) is 24.0 Å². The molecule has 3 aromatic carbocycles. The number of furan rings is 1. The number of amides is 1. The van der Waals surface area contributed by atoms with E-state index in [2.05, 4.69) is 15.5 Å². The number of rotatable bonds is 5. The molecule has 0 saturated carbocycles. The molecule has 9 heteroatoms. The number of aryl methyl sites for hydroxylation is 2. The molecule has 1 amide bonds. The van der Waals surface area contributed by atoms with E-state index in [1.165, 1.54) is 23.8 Å². The van der Waals surface area contributed by atoms with Gasteiger partial charge in [-0.2, -0.15) is 4.80 Å². The Morgan fingerprint density at radius 3 is 2.53 bits per heavy atom. The van der Waals surface area contributed by atoms with E-state index in [4.69, 9.17) is 4.42 Å². The van der Waals surface area contributed by atoms with Gasteiger partial charge in [0.15, 0.2) is 5.76 Å². The fourth-order valence-corrected chi connectivity index (χ4v) is 3.60. The SMILES string of the molecule is Cc1ccc(-n2nc3ccc(NC(=O)c4ccc(-c5ccccc5[N+](=O)[O-])o4)cc3n2)cc1C. The molecule has 0 aliphatic heterocycles. The first kappa shape index (κ1) is 21.1. The number of hydrogen-bond donors (Lipinski definition) is 1. The zero-order valence-corrected chi connectivity index (χ0v) is 18.4. The molecule has 0 unspecified atom stereocenters. The van der Waals surface area contributed by atoms with Gasteiger partial charge in [0, 0.05) is 11.8 Å². The van der Waals surface area contributed by atoms with Gasteiger partial charge in [-0.3, -0.25) is 14.9 Å². The van der Waals surface area contributed by atoms with Crippen LogP contribution in [0.15, 0.2) is 77.2 Å². The maximum atomic E-state index is 12.7. The molecule has 5 aromatic rings. The first-order valence-electron chi connectivity index (χ1n) is 10.5. The zero-order chi connectivity index (χ0) is 23.8. The van der Waals surface area contributed by atoms with Crippen LogP contribution in [-0.2, 0) is 0 Å². The van der Waals surface area contributed by atoms with Crippen molar-refractivity contribution in [1.82, 2.24) is 15.0 Å². The normalized spacial score (nSPS) is 11.0. The van der Waals surface area contributed by atoms with Crippen molar-refractivity contribution < 1.29 is 14.1 Å². The third-order valence-corrected chi connectivity index (χ3v) is 5.56. The molecule has 168 valence electrons. The van der Waals surface area contributed by atoms with Crippen molar-refractivity contribution in [2.75, 3.05) is 5.32 Å². The van der Waals surface area contributed by atoms with Crippen LogP contribution in [0.5, 0.6) is 0 Å². The van der Waals surface area contributed by atoms with Crippen molar-refractivity contribution in [3.8, 4) is 17.0 Å². The highest BCUT2D eigenvalue weighted by molar-refractivity contribution is 6.03. The van der Waals surface area contributed by atoms with E-state index in [0.29, 0.717) is 22.3 Å². The molecule has 0 saturated heterocycles. The van der Waals surface area contributed by atoms with Gasteiger partial charge in [-0.25, -0.2) is 0 Å². The molecule has 1 N–H and O–H groups in total. The number of carbonyl (C=O) groups is 1. The Bertz CT molecular complexity index is 1570. The summed E-state index contributed by atoms with van der Waals surface area (Å²) < 4.78 is 5.62. The van der Waals surface area contributed by atoms with Crippen LogP contribution in [0.1, 0.15) is 21.7 Å². The van der Waals surface area contributed by atoms with Gasteiger partial charge in [0.2, 0.25) is 0 Å². The molecule has 0 spiro atoms. The van der Waals surface area contributed by atoms with Crippen LogP contribution in [0.2, 0.25) is 0 Å². The number of anilines is 1. The summed E-state index contributed by atoms with van der Waals surface area (Å²) >= 11 is 0. The number of nitrogens with zero attached hydrogens (tertiary/aromatic N) is 4. The van der Waals surface area contributed by atoms with Crippen molar-refractivity contribution in [3.05, 3.63) is 99.8 Å². The predicted molar refractivity (Wildman–Crippen MR) is 127 cm³/mol. The lowest BCUT2D eigenvalue weighted by molar-refractivity contribution is -0.384. The fraction of sp³-hybridized carbons (Fsp3) is 0.0800. The molecule has 0 aliphatic carbocycles. The van der Waals surface area contributed by atoms with Crippen molar-refractivity contribution in [1.29, 1.82) is 0 Å². The monoisotopic (exact) mass is 453 g/mol. The number of benzene rings is 3. The lowest BCUT2D eigenvalue weighted by atomic mass is 10.1. The van der Waals surface area contributed by atoms with Gasteiger partial charge in [0.25, 0.3) is 11.6 Å². The molecule has 2 heterocycles. The Morgan fingerprint density at radius 2 is 1.74 bits per heavy atom. The maximum Gasteiger partial charge on any atom is 0.291 e. The maximum absolute atomic E-state index is 12.7. The smallest absolute Gasteiger partial charge is 0.291 e. The van der Waals surface area contributed by atoms with Gasteiger partial charge in [-0.05, 0) is 73.5 Å². The van der Waals surface area contributed by atoms with Crippen LogP contribution >= 0.6 is 0 Å². The van der Waals surface area contributed by atoms with Gasteiger partial charge in [0.05, 0.1) is 16.2 Å². The fourth-order valence-electron chi connectivity index (χ4n) is 3.60. The van der Waals surface area contributed by atoms with Crippen molar-refractivity contribution in [2.24, 2.45) is 0 Å². The zero-order valence-electron chi connectivity index (χ0n) is 18.4. The summed E-state index contributed by atoms with van der Waals surface area (Å²) in [6, 6.07) is 20.4. The van der Waals surface area contributed by atoms with E-state index in [1.54, 1.807) is 41.2 Å². The molecule has 2 aromatic heterocycles. The second-order valence-electron chi connectivity index (χ2n) is 7.85. The Kier molecular flexibility index (Phi) is 5.14. The highest BCUT2D eigenvalue weighted by atomic mass is 16.6. The number of nitro groups is 1. The van der Waals surface area contributed by atoms with Crippen LogP contribution in [-0.4, -0.2) is 25.8 Å². The van der Waals surface area contributed by atoms with Crippen LogP contribution in [0.3, 0.4) is 0 Å². The highest BCUT2D eigenvalue weighted by Gasteiger charge is 2.19. The molecule has 0 fully saturated rings. The molecule has 0 atom stereocenters. The molecule has 9 nitrogen and oxygen atoms in total. The molecule has 5 rings (SSSR count). The highest BCUT2D eigenvalue weighted by Crippen LogP contribution is 2.31. The van der Waals surface area contributed by atoms with Gasteiger partial charge in [-0.15, -0.1) is 10.2 Å². The minimum absolute atomic E-state index is 0.0343. The Morgan fingerprint density at radius 1 is 0.941 bits per heavy atom. The van der Waals surface area contributed by atoms with Crippen LogP contribution in [0.25, 0.3) is 28.0 Å². The van der Waals surface area contributed by atoms with Gasteiger partial charge < -0.3 is 9.73 Å². The second kappa shape index (κ2) is 8.28. The van der Waals surface area contributed by atoms with Crippen LogP contribution < -0.4 is 5.32 Å². The summed E-state index contributed by atoms with van der Waals surface area (Å²) in [4.78, 5) is 25.1. The number of aromatic nitrogens is 3. The van der Waals surface area contributed by atoms with E-state index in [0.717, 1.165) is 11.3 Å². The minimum Gasteiger partial charge on any atom is -0.451 e. The number of para-hydroxylation sites is 1. The summed E-state index contributed by atoms with van der Waals surface area (Å²) in [5.74, 6) is -0.206. The molecular formula is C25H19N5O4. The summed E-state index contributed by atoms with van der Waals surface area (Å²) in [7, 11) is 0. The molecule has 0 radical (unpaired) electrons. The summed E-state index contributed by atoms with van der Waals surface area (Å²) in [6.07, 6.45) is 0. The largest absolute Gasteiger partial charge is 0.451 e. The molecule has 0 aliphatic rings. The van der Waals surface area contributed by atoms with Crippen LogP contribution in [0.4, 0.5) is 11.4 Å². The van der Waals surface area contributed by atoms with E-state index >= 15 is 0 Å². The quantitative estimate of drug-likeness (QED) is 0.279. The number of hydrogen-bond acceptors (Lipinski definition) is 6. The third kappa shape index (κ3) is 3.90. The minimum atomic E-state index is -0.488. The summed E-state index contributed by atoms with van der Waals surface area (Å²) in [6.45, 7) is 4.08. The number of nitrogens with one attached hydrogen (secondary N) is 1. The first-order valence-corrected chi connectivity index (χ1v) is 10.5. The summed E-state index contributed by atoms with van der Waals surface area (Å²) in [5, 5.41) is 23.1. The number of nitro benzene ring substituents is 1. The number of fused-ring (bicyclic) bond motifs is 1. The predicted octanol–water partition coefficient (Wildman–Crippen LogP) is 5.46. The lowest BCUT2D eigenvalue weighted by Gasteiger charge is -2.03. The number of carbonyl (C=O) groups excluding carboxylic acids is 1. The average molecular weight is 453 g/mol. The lowest BCUT2D eigenvalue weighted by Crippen LogP contribution is -2.10. The van der Waals surface area contributed by atoms with Crippen molar-refractivity contribution in [2.45, 2.75) is 13.8 Å². The van der Waals surface area contributed by atoms with E-state index in [9.17, 15) is 14.9 Å². The van der Waals surface area contributed by atoms with Crippen molar-refractivity contribution >= 4 is 28.3 Å². The Balaban J connectivity index is 1.38. The molecule has 34 heavy (non-hydrogen) atoms. The van der Waals surface area contributed by atoms with Gasteiger partial charge in [-0.1, -0.05) is 18.2 Å². The summed E-state index contributed by atoms with van der Waals surface area (Å²) in [5.41, 5.74) is 5.22. The van der Waals surface area contributed by atoms with E-state index in [1.807, 2.05) is 32.0 Å². The second-order valence-corrected chi connectivity index (χ2v) is 7.85. The first-order chi connectivity index (χ1) is 16.4. The Labute approximate surface area is 193 Å². The Hall–Kier alpha value is -4.79.